The van der Waals surface area contributed by atoms with Gasteiger partial charge in [0.25, 0.3) is 0 Å². The molecule has 6 nitrogen and oxygen atoms in total. The topological polar surface area (TPSA) is 62.7 Å². The van der Waals surface area contributed by atoms with E-state index in [9.17, 15) is 9.59 Å². The zero-order valence-electron chi connectivity index (χ0n) is 13.5. The number of aryl methyl sites for hydroxylation is 1. The summed E-state index contributed by atoms with van der Waals surface area (Å²) in [4.78, 5) is 31.6. The van der Waals surface area contributed by atoms with Crippen LogP contribution in [0.1, 0.15) is 24.8 Å². The summed E-state index contributed by atoms with van der Waals surface area (Å²) in [5, 5.41) is 0. The molecule has 2 aliphatic rings. The number of nitrogens with zero attached hydrogens (tertiary/aromatic N) is 3. The second kappa shape index (κ2) is 6.66. The molecule has 0 N–H and O–H groups in total. The summed E-state index contributed by atoms with van der Waals surface area (Å²) in [7, 11) is 1.82. The van der Waals surface area contributed by atoms with E-state index in [1.165, 1.54) is 0 Å². The van der Waals surface area contributed by atoms with Crippen molar-refractivity contribution in [2.75, 3.05) is 33.3 Å². The number of hydrogen-bond donors (Lipinski definition) is 0. The lowest BCUT2D eigenvalue weighted by Crippen LogP contribution is -2.58. The Balaban J connectivity index is 1.49. The monoisotopic (exact) mass is 317 g/mol. The molecule has 1 aromatic rings. The highest BCUT2D eigenvalue weighted by Gasteiger charge is 2.41. The Labute approximate surface area is 136 Å². The maximum Gasteiger partial charge on any atom is 0.248 e. The molecular weight excluding hydrogens is 294 g/mol. The zero-order chi connectivity index (χ0) is 16.3. The van der Waals surface area contributed by atoms with Crippen LogP contribution in [-0.2, 0) is 20.7 Å². The van der Waals surface area contributed by atoms with Crippen molar-refractivity contribution in [2.24, 2.45) is 0 Å². The normalized spacial score (nSPS) is 20.8. The molecule has 0 bridgehead atoms. The second-order valence-electron chi connectivity index (χ2n) is 6.46. The number of morpholine rings is 1. The average Bonchev–Trinajstić information content (AvgIpc) is 2.58. The van der Waals surface area contributed by atoms with Crippen LogP contribution in [0, 0.1) is 0 Å². The van der Waals surface area contributed by atoms with Crippen molar-refractivity contribution in [3.05, 3.63) is 30.1 Å². The highest BCUT2D eigenvalue weighted by atomic mass is 16.5. The number of hydrogen-bond acceptors (Lipinski definition) is 4. The predicted molar refractivity (Wildman–Crippen MR) is 84.7 cm³/mol. The van der Waals surface area contributed by atoms with Gasteiger partial charge in [0.2, 0.25) is 11.8 Å². The highest BCUT2D eigenvalue weighted by Crippen LogP contribution is 2.30. The van der Waals surface area contributed by atoms with Crippen LogP contribution in [0.3, 0.4) is 0 Å². The standard InChI is InChI=1S/C17H23N3O3/c1-19-13-17(23-12-16(19)22)6-10-20(11-7-17)15(21)3-2-14-4-8-18-9-5-14/h4-5,8-9H,2-3,6-7,10-13H2,1H3. The first kappa shape index (κ1) is 15.9. The lowest BCUT2D eigenvalue weighted by Gasteiger charge is -2.46. The third-order valence-electron chi connectivity index (χ3n) is 4.86. The number of piperidine rings is 1. The fourth-order valence-electron chi connectivity index (χ4n) is 3.32. The molecule has 23 heavy (non-hydrogen) atoms. The van der Waals surface area contributed by atoms with E-state index in [4.69, 9.17) is 4.74 Å². The smallest absolute Gasteiger partial charge is 0.248 e. The SMILES string of the molecule is CN1CC2(CCN(C(=O)CCc3ccncc3)CC2)OCC1=O. The molecule has 2 saturated heterocycles. The summed E-state index contributed by atoms with van der Waals surface area (Å²) in [6.45, 7) is 2.20. The molecule has 0 unspecified atom stereocenters. The largest absolute Gasteiger partial charge is 0.363 e. The van der Waals surface area contributed by atoms with E-state index in [1.807, 2.05) is 24.1 Å². The summed E-state index contributed by atoms with van der Waals surface area (Å²) in [6.07, 6.45) is 6.37. The number of ether oxygens (including phenoxy) is 1. The van der Waals surface area contributed by atoms with Gasteiger partial charge in [-0.05, 0) is 37.0 Å². The minimum atomic E-state index is -0.259. The maximum absolute atomic E-state index is 12.4. The van der Waals surface area contributed by atoms with Crippen LogP contribution in [0.4, 0.5) is 0 Å². The van der Waals surface area contributed by atoms with Gasteiger partial charge in [-0.3, -0.25) is 14.6 Å². The zero-order valence-corrected chi connectivity index (χ0v) is 13.5. The van der Waals surface area contributed by atoms with Gasteiger partial charge < -0.3 is 14.5 Å². The molecule has 0 aliphatic carbocycles. The lowest BCUT2D eigenvalue weighted by molar-refractivity contribution is -0.170. The first-order chi connectivity index (χ1) is 11.1. The van der Waals surface area contributed by atoms with Crippen LogP contribution in [0.25, 0.3) is 0 Å². The van der Waals surface area contributed by atoms with Gasteiger partial charge in [-0.25, -0.2) is 0 Å². The Bertz CT molecular complexity index is 568. The molecule has 3 rings (SSSR count). The molecule has 2 amide bonds. The molecule has 1 aromatic heterocycles. The fraction of sp³-hybridized carbons (Fsp3) is 0.588. The molecule has 1 spiro atoms. The van der Waals surface area contributed by atoms with Crippen LogP contribution in [0.5, 0.6) is 0 Å². The van der Waals surface area contributed by atoms with Crippen molar-refractivity contribution in [3.8, 4) is 0 Å². The van der Waals surface area contributed by atoms with E-state index in [1.54, 1.807) is 17.3 Å². The quantitative estimate of drug-likeness (QED) is 0.830. The van der Waals surface area contributed by atoms with Crippen molar-refractivity contribution < 1.29 is 14.3 Å². The molecule has 0 radical (unpaired) electrons. The van der Waals surface area contributed by atoms with Crippen molar-refractivity contribution in [3.63, 3.8) is 0 Å². The van der Waals surface area contributed by atoms with Gasteiger partial charge in [-0.2, -0.15) is 0 Å². The Morgan fingerprint density at radius 2 is 2.00 bits per heavy atom. The number of pyridine rings is 1. The Hall–Kier alpha value is -1.95. The second-order valence-corrected chi connectivity index (χ2v) is 6.46. The highest BCUT2D eigenvalue weighted by molar-refractivity contribution is 5.78. The molecule has 6 heteroatoms. The first-order valence-corrected chi connectivity index (χ1v) is 8.13. The molecule has 2 aliphatic heterocycles. The fourth-order valence-corrected chi connectivity index (χ4v) is 3.32. The van der Waals surface area contributed by atoms with E-state index < -0.39 is 0 Å². The number of carbonyl (C=O) groups excluding carboxylic acids is 2. The van der Waals surface area contributed by atoms with Crippen molar-refractivity contribution in [1.82, 2.24) is 14.8 Å². The summed E-state index contributed by atoms with van der Waals surface area (Å²) >= 11 is 0. The van der Waals surface area contributed by atoms with Gasteiger partial charge in [0.15, 0.2) is 0 Å². The lowest BCUT2D eigenvalue weighted by atomic mass is 9.89. The minimum absolute atomic E-state index is 0.0338. The van der Waals surface area contributed by atoms with Crippen LogP contribution in [0.2, 0.25) is 0 Å². The van der Waals surface area contributed by atoms with E-state index in [0.29, 0.717) is 26.1 Å². The van der Waals surface area contributed by atoms with Crippen molar-refractivity contribution in [2.45, 2.75) is 31.3 Å². The number of likely N-dealkylation sites (tertiary alicyclic amines) is 1. The van der Waals surface area contributed by atoms with E-state index in [2.05, 4.69) is 4.98 Å². The van der Waals surface area contributed by atoms with Gasteiger partial charge >= 0.3 is 0 Å². The third kappa shape index (κ3) is 3.69. The van der Waals surface area contributed by atoms with Crippen molar-refractivity contribution >= 4 is 11.8 Å². The number of rotatable bonds is 3. The summed E-state index contributed by atoms with van der Waals surface area (Å²) in [5.41, 5.74) is 0.877. The number of likely N-dealkylation sites (N-methyl/N-ethyl adjacent to an activating group) is 1. The Morgan fingerprint density at radius 3 is 2.65 bits per heavy atom. The molecule has 2 fully saturated rings. The van der Waals surface area contributed by atoms with Gasteiger partial charge in [-0.15, -0.1) is 0 Å². The number of aromatic nitrogens is 1. The van der Waals surface area contributed by atoms with E-state index >= 15 is 0 Å². The van der Waals surface area contributed by atoms with E-state index in [0.717, 1.165) is 24.8 Å². The van der Waals surface area contributed by atoms with Crippen LogP contribution in [-0.4, -0.2) is 65.5 Å². The molecule has 0 saturated carbocycles. The van der Waals surface area contributed by atoms with Crippen LogP contribution >= 0.6 is 0 Å². The van der Waals surface area contributed by atoms with Crippen molar-refractivity contribution in [1.29, 1.82) is 0 Å². The van der Waals surface area contributed by atoms with Gasteiger partial charge in [0, 0.05) is 45.5 Å². The molecule has 3 heterocycles. The molecule has 0 aromatic carbocycles. The third-order valence-corrected chi connectivity index (χ3v) is 4.86. The van der Waals surface area contributed by atoms with Gasteiger partial charge in [-0.1, -0.05) is 0 Å². The Kier molecular flexibility index (Phi) is 4.61. The summed E-state index contributed by atoms with van der Waals surface area (Å²) in [5.74, 6) is 0.225. The minimum Gasteiger partial charge on any atom is -0.363 e. The number of amides is 2. The summed E-state index contributed by atoms with van der Waals surface area (Å²) in [6, 6.07) is 3.89. The molecule has 124 valence electrons. The maximum atomic E-state index is 12.4. The summed E-state index contributed by atoms with van der Waals surface area (Å²) < 4.78 is 5.81. The predicted octanol–water partition coefficient (Wildman–Crippen LogP) is 0.864. The Morgan fingerprint density at radius 1 is 1.30 bits per heavy atom. The van der Waals surface area contributed by atoms with Gasteiger partial charge in [0.05, 0.1) is 5.60 Å². The van der Waals surface area contributed by atoms with Crippen LogP contribution in [0.15, 0.2) is 24.5 Å². The molecular formula is C17H23N3O3. The average molecular weight is 317 g/mol. The van der Waals surface area contributed by atoms with Crippen LogP contribution < -0.4 is 0 Å². The van der Waals surface area contributed by atoms with E-state index in [-0.39, 0.29) is 24.0 Å². The number of carbonyl (C=O) groups is 2. The first-order valence-electron chi connectivity index (χ1n) is 8.13. The molecule has 0 atom stereocenters. The van der Waals surface area contributed by atoms with Gasteiger partial charge in [0.1, 0.15) is 6.61 Å².